The minimum absolute atomic E-state index is 0.0828. The smallest absolute Gasteiger partial charge is 0.225 e. The SMILES string of the molecule is COc1ccccc1CC(O)c1nc2nc(Cl)nc(-c3cncc(Cl)c3)c2n1C[C@H]1CC[C@H](C)CC1. The van der Waals surface area contributed by atoms with Crippen LogP contribution in [0.1, 0.15) is 50.1 Å². The summed E-state index contributed by atoms with van der Waals surface area (Å²) in [6.45, 7) is 3.03. The summed E-state index contributed by atoms with van der Waals surface area (Å²) in [5.41, 5.74) is 3.41. The summed E-state index contributed by atoms with van der Waals surface area (Å²) in [4.78, 5) is 18.0. The van der Waals surface area contributed by atoms with Gasteiger partial charge < -0.3 is 14.4 Å². The van der Waals surface area contributed by atoms with Crippen molar-refractivity contribution in [1.29, 1.82) is 0 Å². The second-order valence-electron chi connectivity index (χ2n) is 9.64. The third kappa shape index (κ3) is 5.19. The lowest BCUT2D eigenvalue weighted by molar-refractivity contribution is 0.159. The molecule has 1 aliphatic carbocycles. The maximum atomic E-state index is 11.5. The van der Waals surface area contributed by atoms with Gasteiger partial charge in [0.1, 0.15) is 28.9 Å². The minimum atomic E-state index is -0.873. The molecule has 1 saturated carbocycles. The Morgan fingerprint density at radius 3 is 2.61 bits per heavy atom. The van der Waals surface area contributed by atoms with Crippen molar-refractivity contribution in [1.82, 2.24) is 24.5 Å². The van der Waals surface area contributed by atoms with Gasteiger partial charge in [-0.1, -0.05) is 49.6 Å². The number of ether oxygens (including phenoxy) is 1. The zero-order valence-corrected chi connectivity index (χ0v) is 21.9. The lowest BCUT2D eigenvalue weighted by atomic mass is 9.83. The fourth-order valence-electron chi connectivity index (χ4n) is 5.15. The molecular weight excluding hydrogens is 497 g/mol. The molecule has 1 aromatic carbocycles. The van der Waals surface area contributed by atoms with Crippen LogP contribution in [0.3, 0.4) is 0 Å². The highest BCUT2D eigenvalue weighted by Gasteiger charge is 2.27. The highest BCUT2D eigenvalue weighted by atomic mass is 35.5. The molecule has 1 fully saturated rings. The molecule has 1 unspecified atom stereocenters. The molecule has 1 N–H and O–H groups in total. The first-order valence-electron chi connectivity index (χ1n) is 12.3. The molecule has 5 rings (SSSR count). The van der Waals surface area contributed by atoms with Crippen molar-refractivity contribution in [3.63, 3.8) is 0 Å². The molecule has 188 valence electrons. The van der Waals surface area contributed by atoms with Gasteiger partial charge in [-0.3, -0.25) is 4.98 Å². The van der Waals surface area contributed by atoms with Gasteiger partial charge in [-0.2, -0.15) is 4.98 Å². The van der Waals surface area contributed by atoms with Crippen molar-refractivity contribution >= 4 is 34.4 Å². The van der Waals surface area contributed by atoms with E-state index in [1.54, 1.807) is 25.6 Å². The van der Waals surface area contributed by atoms with E-state index in [9.17, 15) is 5.11 Å². The van der Waals surface area contributed by atoms with E-state index in [-0.39, 0.29) is 5.28 Å². The van der Waals surface area contributed by atoms with Crippen LogP contribution >= 0.6 is 23.2 Å². The van der Waals surface area contributed by atoms with E-state index in [1.807, 2.05) is 24.3 Å². The van der Waals surface area contributed by atoms with Crippen LogP contribution in [0, 0.1) is 11.8 Å². The average molecular weight is 526 g/mol. The zero-order valence-electron chi connectivity index (χ0n) is 20.4. The topological polar surface area (TPSA) is 85.9 Å². The van der Waals surface area contributed by atoms with E-state index in [2.05, 4.69) is 26.4 Å². The molecule has 0 amide bonds. The van der Waals surface area contributed by atoms with Gasteiger partial charge in [0.25, 0.3) is 0 Å². The Bertz CT molecular complexity index is 1370. The van der Waals surface area contributed by atoms with Crippen LogP contribution in [0.5, 0.6) is 5.75 Å². The Kier molecular flexibility index (Phi) is 7.42. The van der Waals surface area contributed by atoms with E-state index < -0.39 is 6.10 Å². The first-order chi connectivity index (χ1) is 17.4. The Hall–Kier alpha value is -2.74. The van der Waals surface area contributed by atoms with Gasteiger partial charge >= 0.3 is 0 Å². The maximum Gasteiger partial charge on any atom is 0.225 e. The number of hydrogen-bond acceptors (Lipinski definition) is 6. The Balaban J connectivity index is 1.63. The number of imidazole rings is 1. The predicted octanol–water partition coefficient (Wildman–Crippen LogP) is 6.31. The minimum Gasteiger partial charge on any atom is -0.496 e. The number of aliphatic hydroxyl groups is 1. The number of pyridine rings is 1. The van der Waals surface area contributed by atoms with Crippen LogP contribution < -0.4 is 4.74 Å². The average Bonchev–Trinajstić information content (AvgIpc) is 3.23. The maximum absolute atomic E-state index is 11.5. The van der Waals surface area contributed by atoms with Gasteiger partial charge in [0.15, 0.2) is 5.65 Å². The Morgan fingerprint density at radius 1 is 1.08 bits per heavy atom. The molecule has 3 heterocycles. The lowest BCUT2D eigenvalue weighted by Crippen LogP contribution is -2.20. The number of methoxy groups -OCH3 is 1. The monoisotopic (exact) mass is 525 g/mol. The third-order valence-electron chi connectivity index (χ3n) is 7.06. The van der Waals surface area contributed by atoms with Crippen LogP contribution in [0.15, 0.2) is 42.7 Å². The molecule has 0 bridgehead atoms. The third-order valence-corrected chi connectivity index (χ3v) is 7.44. The van der Waals surface area contributed by atoms with E-state index in [0.29, 0.717) is 41.1 Å². The molecule has 4 aromatic rings. The number of rotatable bonds is 7. The van der Waals surface area contributed by atoms with Gasteiger partial charge in [0.2, 0.25) is 5.28 Å². The number of aromatic nitrogens is 5. The van der Waals surface area contributed by atoms with Gasteiger partial charge in [-0.25, -0.2) is 9.97 Å². The summed E-state index contributed by atoms with van der Waals surface area (Å²) in [6, 6.07) is 9.50. The van der Waals surface area contributed by atoms with Crippen molar-refractivity contribution in [3.05, 3.63) is 64.4 Å². The van der Waals surface area contributed by atoms with Crippen molar-refractivity contribution < 1.29 is 9.84 Å². The first kappa shape index (κ1) is 24.9. The van der Waals surface area contributed by atoms with Crippen LogP contribution in [0.25, 0.3) is 22.4 Å². The standard InChI is InChI=1S/C27H29Cl2N5O2/c1-16-7-9-17(10-8-16)15-34-24-23(19-11-20(28)14-30-13-19)31-27(29)33-25(24)32-26(34)21(35)12-18-5-3-4-6-22(18)36-2/h3-6,11,13-14,16-17,21,35H,7-10,12,15H2,1-2H3/t16-,17-,21?. The van der Waals surface area contributed by atoms with Crippen LogP contribution in [-0.4, -0.2) is 36.7 Å². The molecule has 1 aliphatic rings. The Labute approximate surface area is 220 Å². The normalized spacial score (nSPS) is 18.9. The molecule has 0 spiro atoms. The van der Waals surface area contributed by atoms with Crippen molar-refractivity contribution in [2.75, 3.05) is 7.11 Å². The summed E-state index contributed by atoms with van der Waals surface area (Å²) >= 11 is 12.6. The van der Waals surface area contributed by atoms with E-state index in [4.69, 9.17) is 32.9 Å². The molecule has 36 heavy (non-hydrogen) atoms. The summed E-state index contributed by atoms with van der Waals surface area (Å²) in [6.07, 6.45) is 7.42. The summed E-state index contributed by atoms with van der Waals surface area (Å²) < 4.78 is 7.60. The summed E-state index contributed by atoms with van der Waals surface area (Å²) in [5, 5.41) is 12.1. The second-order valence-corrected chi connectivity index (χ2v) is 10.4. The number of hydrogen-bond donors (Lipinski definition) is 1. The molecule has 0 saturated heterocycles. The molecule has 3 aromatic heterocycles. The predicted molar refractivity (Wildman–Crippen MR) is 141 cm³/mol. The highest BCUT2D eigenvalue weighted by Crippen LogP contribution is 2.36. The van der Waals surface area contributed by atoms with E-state index in [0.717, 1.165) is 41.2 Å². The second kappa shape index (κ2) is 10.7. The largest absolute Gasteiger partial charge is 0.496 e. The van der Waals surface area contributed by atoms with Gasteiger partial charge in [-0.15, -0.1) is 0 Å². The quantitative estimate of drug-likeness (QED) is 0.284. The van der Waals surface area contributed by atoms with Gasteiger partial charge in [0.05, 0.1) is 12.1 Å². The van der Waals surface area contributed by atoms with E-state index >= 15 is 0 Å². The van der Waals surface area contributed by atoms with Crippen LogP contribution in [0.4, 0.5) is 0 Å². The first-order valence-corrected chi connectivity index (χ1v) is 13.0. The fourth-order valence-corrected chi connectivity index (χ4v) is 5.49. The molecule has 7 nitrogen and oxygen atoms in total. The van der Waals surface area contributed by atoms with Crippen molar-refractivity contribution in [3.8, 4) is 17.0 Å². The Morgan fingerprint density at radius 2 is 1.86 bits per heavy atom. The van der Waals surface area contributed by atoms with Crippen molar-refractivity contribution in [2.45, 2.75) is 51.7 Å². The number of benzene rings is 1. The van der Waals surface area contributed by atoms with Gasteiger partial charge in [0, 0.05) is 30.9 Å². The molecule has 9 heteroatoms. The molecule has 0 aliphatic heterocycles. The van der Waals surface area contributed by atoms with Gasteiger partial charge in [-0.05, 0) is 54.0 Å². The fraction of sp³-hybridized carbons (Fsp3) is 0.407. The van der Waals surface area contributed by atoms with Crippen molar-refractivity contribution in [2.24, 2.45) is 11.8 Å². The number of nitrogens with zero attached hydrogens (tertiary/aromatic N) is 5. The lowest BCUT2D eigenvalue weighted by Gasteiger charge is -2.27. The number of halogens is 2. The van der Waals surface area contributed by atoms with E-state index in [1.165, 1.54) is 12.8 Å². The zero-order chi connectivity index (χ0) is 25.2. The summed E-state index contributed by atoms with van der Waals surface area (Å²) in [5.74, 6) is 2.49. The molecular formula is C27H29Cl2N5O2. The molecule has 1 atom stereocenters. The summed E-state index contributed by atoms with van der Waals surface area (Å²) in [7, 11) is 1.63. The van der Waals surface area contributed by atoms with Crippen LogP contribution in [-0.2, 0) is 13.0 Å². The van der Waals surface area contributed by atoms with Crippen LogP contribution in [0.2, 0.25) is 10.3 Å². The number of para-hydroxylation sites is 1. The molecule has 0 radical (unpaired) electrons. The highest BCUT2D eigenvalue weighted by molar-refractivity contribution is 6.30. The number of aliphatic hydroxyl groups excluding tert-OH is 1. The number of fused-ring (bicyclic) bond motifs is 1.